The van der Waals surface area contributed by atoms with E-state index < -0.39 is 0 Å². The molecule has 0 saturated heterocycles. The minimum absolute atomic E-state index is 0.0882. The van der Waals surface area contributed by atoms with Crippen LogP contribution in [0.5, 0.6) is 11.5 Å². The number of carbonyl (C=O) groups excluding carboxylic acids is 1. The molecule has 0 fully saturated rings. The molecule has 128 valence electrons. The molecule has 0 aliphatic carbocycles. The standard InChI is InChI=1S/C16H19BrN4O3/c1-10-15(17)11(2)21(20-10)9-14(22)19-18-8-12-6-5-7-13(23-3)16(12)24-4/h5-8H,9H2,1-4H3,(H,19,22)/b18-8-. The first-order valence-corrected chi connectivity index (χ1v) is 7.99. The number of halogens is 1. The Bertz CT molecular complexity index is 771. The fraction of sp³-hybridized carbons (Fsp3) is 0.312. The maximum atomic E-state index is 12.0. The smallest absolute Gasteiger partial charge is 0.261 e. The molecule has 2 aromatic rings. The highest BCUT2D eigenvalue weighted by atomic mass is 79.9. The SMILES string of the molecule is COc1cccc(/C=N\NC(=O)Cn2nc(C)c(Br)c2C)c1OC. The molecule has 0 radical (unpaired) electrons. The van der Waals surface area contributed by atoms with Gasteiger partial charge in [-0.2, -0.15) is 10.2 Å². The van der Waals surface area contributed by atoms with Crippen LogP contribution >= 0.6 is 15.9 Å². The van der Waals surface area contributed by atoms with Crippen molar-refractivity contribution in [1.82, 2.24) is 15.2 Å². The summed E-state index contributed by atoms with van der Waals surface area (Å²) >= 11 is 3.43. The summed E-state index contributed by atoms with van der Waals surface area (Å²) in [5, 5.41) is 8.25. The summed E-state index contributed by atoms with van der Waals surface area (Å²) in [5.74, 6) is 0.881. The van der Waals surface area contributed by atoms with Crippen molar-refractivity contribution in [2.24, 2.45) is 5.10 Å². The molecule has 2 rings (SSSR count). The molecule has 1 aromatic heterocycles. The van der Waals surface area contributed by atoms with Gasteiger partial charge in [-0.05, 0) is 41.9 Å². The van der Waals surface area contributed by atoms with E-state index in [1.54, 1.807) is 25.0 Å². The number of amides is 1. The van der Waals surface area contributed by atoms with Crippen LogP contribution in [0.25, 0.3) is 0 Å². The second kappa shape index (κ2) is 7.96. The number of rotatable bonds is 6. The molecule has 0 atom stereocenters. The zero-order valence-corrected chi connectivity index (χ0v) is 15.5. The van der Waals surface area contributed by atoms with Gasteiger partial charge in [-0.25, -0.2) is 5.43 Å². The lowest BCUT2D eigenvalue weighted by atomic mass is 10.2. The van der Waals surface area contributed by atoms with E-state index in [-0.39, 0.29) is 12.5 Å². The average molecular weight is 395 g/mol. The summed E-state index contributed by atoms with van der Waals surface area (Å²) in [6.45, 7) is 3.85. The van der Waals surface area contributed by atoms with Crippen LogP contribution in [0.1, 0.15) is 17.0 Å². The number of carbonyl (C=O) groups is 1. The highest BCUT2D eigenvalue weighted by Gasteiger charge is 2.11. The van der Waals surface area contributed by atoms with Crippen molar-refractivity contribution < 1.29 is 14.3 Å². The summed E-state index contributed by atoms with van der Waals surface area (Å²) in [5.41, 5.74) is 4.91. The third kappa shape index (κ3) is 3.94. The van der Waals surface area contributed by atoms with E-state index in [2.05, 4.69) is 31.6 Å². The molecule has 0 aliphatic rings. The maximum absolute atomic E-state index is 12.0. The second-order valence-corrected chi connectivity index (χ2v) is 5.81. The van der Waals surface area contributed by atoms with Crippen molar-refractivity contribution in [2.75, 3.05) is 14.2 Å². The number of hydrogen-bond acceptors (Lipinski definition) is 5. The van der Waals surface area contributed by atoms with Crippen molar-refractivity contribution in [3.8, 4) is 11.5 Å². The molecule has 8 heteroatoms. The van der Waals surface area contributed by atoms with Crippen molar-refractivity contribution >= 4 is 28.1 Å². The van der Waals surface area contributed by atoms with Crippen molar-refractivity contribution in [2.45, 2.75) is 20.4 Å². The van der Waals surface area contributed by atoms with Crippen LogP contribution in [0.3, 0.4) is 0 Å². The monoisotopic (exact) mass is 394 g/mol. The van der Waals surface area contributed by atoms with Crippen molar-refractivity contribution in [1.29, 1.82) is 0 Å². The zero-order valence-electron chi connectivity index (χ0n) is 14.0. The van der Waals surface area contributed by atoms with E-state index >= 15 is 0 Å². The summed E-state index contributed by atoms with van der Waals surface area (Å²) in [4.78, 5) is 12.0. The fourth-order valence-electron chi connectivity index (χ4n) is 2.19. The number of hydrazone groups is 1. The number of nitrogens with zero attached hydrogens (tertiary/aromatic N) is 3. The Hall–Kier alpha value is -2.35. The van der Waals surface area contributed by atoms with Crippen LogP contribution in [0.2, 0.25) is 0 Å². The third-order valence-electron chi connectivity index (χ3n) is 3.41. The molecule has 0 saturated carbocycles. The van der Waals surface area contributed by atoms with E-state index in [9.17, 15) is 4.79 Å². The van der Waals surface area contributed by atoms with Gasteiger partial charge in [0.2, 0.25) is 0 Å². The number of methoxy groups -OCH3 is 2. The number of ether oxygens (including phenoxy) is 2. The van der Waals surface area contributed by atoms with Crippen LogP contribution in [-0.4, -0.2) is 36.1 Å². The molecule has 24 heavy (non-hydrogen) atoms. The third-order valence-corrected chi connectivity index (χ3v) is 4.56. The lowest BCUT2D eigenvalue weighted by molar-refractivity contribution is -0.121. The van der Waals surface area contributed by atoms with Gasteiger partial charge >= 0.3 is 0 Å². The van der Waals surface area contributed by atoms with Gasteiger partial charge in [0.15, 0.2) is 11.5 Å². The number of para-hydroxylation sites is 1. The van der Waals surface area contributed by atoms with Gasteiger partial charge in [-0.1, -0.05) is 6.07 Å². The normalized spacial score (nSPS) is 10.9. The Labute approximate surface area is 148 Å². The van der Waals surface area contributed by atoms with Gasteiger partial charge in [0.1, 0.15) is 6.54 Å². The Morgan fingerprint density at radius 2 is 2.12 bits per heavy atom. The summed E-state index contributed by atoms with van der Waals surface area (Å²) in [7, 11) is 3.11. The number of aromatic nitrogens is 2. The summed E-state index contributed by atoms with van der Waals surface area (Å²) in [6, 6.07) is 5.42. The van der Waals surface area contributed by atoms with E-state index in [0.717, 1.165) is 15.9 Å². The minimum atomic E-state index is -0.272. The van der Waals surface area contributed by atoms with Gasteiger partial charge < -0.3 is 9.47 Å². The van der Waals surface area contributed by atoms with Crippen molar-refractivity contribution in [3.05, 3.63) is 39.6 Å². The number of hydrogen-bond donors (Lipinski definition) is 1. The Balaban J connectivity index is 2.04. The van der Waals surface area contributed by atoms with Gasteiger partial charge in [0, 0.05) is 5.56 Å². The molecule has 7 nitrogen and oxygen atoms in total. The van der Waals surface area contributed by atoms with Crippen LogP contribution in [-0.2, 0) is 11.3 Å². The lowest BCUT2D eigenvalue weighted by Crippen LogP contribution is -2.24. The molecule has 0 aliphatic heterocycles. The maximum Gasteiger partial charge on any atom is 0.261 e. The first-order chi connectivity index (χ1) is 11.5. The molecule has 0 unspecified atom stereocenters. The van der Waals surface area contributed by atoms with Crippen LogP contribution in [0, 0.1) is 13.8 Å². The number of benzene rings is 1. The van der Waals surface area contributed by atoms with Crippen LogP contribution in [0.15, 0.2) is 27.8 Å². The Morgan fingerprint density at radius 1 is 1.38 bits per heavy atom. The molecular weight excluding hydrogens is 376 g/mol. The summed E-state index contributed by atoms with van der Waals surface area (Å²) < 4.78 is 13.0. The van der Waals surface area contributed by atoms with Gasteiger partial charge in [0.05, 0.1) is 36.3 Å². The lowest BCUT2D eigenvalue weighted by Gasteiger charge is -2.09. The molecule has 1 amide bonds. The van der Waals surface area contributed by atoms with E-state index in [1.165, 1.54) is 6.21 Å². The van der Waals surface area contributed by atoms with Gasteiger partial charge in [-0.3, -0.25) is 9.48 Å². The predicted octanol–water partition coefficient (Wildman–Crippen LogP) is 2.43. The molecule has 1 heterocycles. The molecule has 0 bridgehead atoms. The first-order valence-electron chi connectivity index (χ1n) is 7.20. The van der Waals surface area contributed by atoms with E-state index in [1.807, 2.05) is 26.0 Å². The zero-order chi connectivity index (χ0) is 17.7. The highest BCUT2D eigenvalue weighted by molar-refractivity contribution is 9.10. The predicted molar refractivity (Wildman–Crippen MR) is 94.7 cm³/mol. The fourth-order valence-corrected chi connectivity index (χ4v) is 2.47. The van der Waals surface area contributed by atoms with E-state index in [4.69, 9.17) is 9.47 Å². The second-order valence-electron chi connectivity index (χ2n) is 5.02. The van der Waals surface area contributed by atoms with Gasteiger partial charge in [-0.15, -0.1) is 0 Å². The first kappa shape index (κ1) is 18.0. The largest absolute Gasteiger partial charge is 0.493 e. The minimum Gasteiger partial charge on any atom is -0.493 e. The molecule has 1 aromatic carbocycles. The molecular formula is C16H19BrN4O3. The molecule has 0 spiro atoms. The topological polar surface area (TPSA) is 77.7 Å². The van der Waals surface area contributed by atoms with Crippen LogP contribution < -0.4 is 14.9 Å². The van der Waals surface area contributed by atoms with Crippen molar-refractivity contribution in [3.63, 3.8) is 0 Å². The average Bonchev–Trinajstić information content (AvgIpc) is 2.81. The summed E-state index contributed by atoms with van der Waals surface area (Å²) in [6.07, 6.45) is 1.51. The quantitative estimate of drug-likeness (QED) is 0.602. The Kier molecular flexibility index (Phi) is 5.97. The van der Waals surface area contributed by atoms with Gasteiger partial charge in [0.25, 0.3) is 5.91 Å². The number of aryl methyl sites for hydroxylation is 1. The van der Waals surface area contributed by atoms with Crippen LogP contribution in [0.4, 0.5) is 0 Å². The highest BCUT2D eigenvalue weighted by Crippen LogP contribution is 2.29. The number of nitrogens with one attached hydrogen (secondary N) is 1. The van der Waals surface area contributed by atoms with E-state index in [0.29, 0.717) is 17.1 Å². The Morgan fingerprint density at radius 3 is 2.71 bits per heavy atom. The molecule has 1 N–H and O–H groups in total.